The molecule has 108 valence electrons. The second-order valence-corrected chi connectivity index (χ2v) is 6.71. The van der Waals surface area contributed by atoms with Crippen molar-refractivity contribution < 1.29 is 4.42 Å². The maximum Gasteiger partial charge on any atom is 0.199 e. The molecule has 0 bridgehead atoms. The van der Waals surface area contributed by atoms with E-state index in [9.17, 15) is 0 Å². The molecule has 0 N–H and O–H groups in total. The third-order valence-corrected chi connectivity index (χ3v) is 3.74. The zero-order valence-corrected chi connectivity index (χ0v) is 13.1. The van der Waals surface area contributed by atoms with Crippen LogP contribution < -0.4 is 0 Å². The van der Waals surface area contributed by atoms with Crippen LogP contribution in [0.1, 0.15) is 43.4 Å². The van der Waals surface area contributed by atoms with Crippen LogP contribution in [0.25, 0.3) is 11.1 Å². The van der Waals surface area contributed by atoms with Gasteiger partial charge in [0.15, 0.2) is 11.5 Å². The number of fused-ring (bicyclic) bond motifs is 1. The van der Waals surface area contributed by atoms with Gasteiger partial charge in [-0.25, -0.2) is 4.98 Å². The minimum atomic E-state index is 0.129. The van der Waals surface area contributed by atoms with E-state index in [1.54, 1.807) is 0 Å². The van der Waals surface area contributed by atoms with Crippen LogP contribution in [0.4, 0.5) is 0 Å². The van der Waals surface area contributed by atoms with Crippen molar-refractivity contribution in [2.45, 2.75) is 39.5 Å². The van der Waals surface area contributed by atoms with Gasteiger partial charge in [0, 0.05) is 6.42 Å². The SMILES string of the molecule is Cc1cccc(Cc2nc3cc(C(C)(C)C)ccc3o2)c1. The van der Waals surface area contributed by atoms with Gasteiger partial charge in [0.1, 0.15) is 5.52 Å². The molecule has 2 aromatic carbocycles. The maximum atomic E-state index is 5.87. The van der Waals surface area contributed by atoms with Crippen LogP contribution in [-0.2, 0) is 11.8 Å². The minimum Gasteiger partial charge on any atom is -0.440 e. The minimum absolute atomic E-state index is 0.129. The Morgan fingerprint density at radius 3 is 2.57 bits per heavy atom. The van der Waals surface area contributed by atoms with Crippen LogP contribution in [0.3, 0.4) is 0 Å². The number of oxazole rings is 1. The van der Waals surface area contributed by atoms with Crippen molar-refractivity contribution in [3.63, 3.8) is 0 Å². The summed E-state index contributed by atoms with van der Waals surface area (Å²) in [5.41, 5.74) is 5.72. The largest absolute Gasteiger partial charge is 0.440 e. The maximum absolute atomic E-state index is 5.87. The zero-order chi connectivity index (χ0) is 15.0. The van der Waals surface area contributed by atoms with E-state index >= 15 is 0 Å². The Morgan fingerprint density at radius 1 is 1.05 bits per heavy atom. The van der Waals surface area contributed by atoms with E-state index < -0.39 is 0 Å². The molecule has 0 aliphatic heterocycles. The highest BCUT2D eigenvalue weighted by Crippen LogP contribution is 2.26. The van der Waals surface area contributed by atoms with Crippen LogP contribution in [0.5, 0.6) is 0 Å². The van der Waals surface area contributed by atoms with E-state index in [0.717, 1.165) is 23.4 Å². The van der Waals surface area contributed by atoms with Gasteiger partial charge in [0.25, 0.3) is 0 Å². The van der Waals surface area contributed by atoms with Gasteiger partial charge in [0.05, 0.1) is 0 Å². The number of hydrogen-bond acceptors (Lipinski definition) is 2. The average molecular weight is 279 g/mol. The highest BCUT2D eigenvalue weighted by Gasteiger charge is 2.15. The number of rotatable bonds is 2. The fraction of sp³-hybridized carbons (Fsp3) is 0.316. The van der Waals surface area contributed by atoms with Gasteiger partial charge in [-0.05, 0) is 35.6 Å². The van der Waals surface area contributed by atoms with Gasteiger partial charge in [-0.1, -0.05) is 56.7 Å². The van der Waals surface area contributed by atoms with Crippen molar-refractivity contribution in [2.75, 3.05) is 0 Å². The summed E-state index contributed by atoms with van der Waals surface area (Å²) < 4.78 is 5.87. The van der Waals surface area contributed by atoms with Crippen LogP contribution in [0.2, 0.25) is 0 Å². The molecule has 1 heterocycles. The van der Waals surface area contributed by atoms with Crippen molar-refractivity contribution in [3.05, 3.63) is 65.0 Å². The van der Waals surface area contributed by atoms with Gasteiger partial charge in [0.2, 0.25) is 0 Å². The van der Waals surface area contributed by atoms with Gasteiger partial charge in [-0.3, -0.25) is 0 Å². The molecule has 2 heteroatoms. The Morgan fingerprint density at radius 2 is 1.86 bits per heavy atom. The Balaban J connectivity index is 1.94. The predicted octanol–water partition coefficient (Wildman–Crippen LogP) is 5.02. The van der Waals surface area contributed by atoms with Crippen LogP contribution >= 0.6 is 0 Å². The molecule has 0 radical (unpaired) electrons. The van der Waals surface area contributed by atoms with E-state index in [1.807, 2.05) is 6.07 Å². The number of benzene rings is 2. The van der Waals surface area contributed by atoms with Crippen molar-refractivity contribution in [1.29, 1.82) is 0 Å². The second-order valence-electron chi connectivity index (χ2n) is 6.71. The van der Waals surface area contributed by atoms with Crippen molar-refractivity contribution >= 4 is 11.1 Å². The number of nitrogens with zero attached hydrogens (tertiary/aromatic N) is 1. The molecule has 2 nitrogen and oxygen atoms in total. The lowest BCUT2D eigenvalue weighted by Gasteiger charge is -2.18. The fourth-order valence-corrected chi connectivity index (χ4v) is 2.51. The Labute approximate surface area is 125 Å². The van der Waals surface area contributed by atoms with Crippen molar-refractivity contribution in [2.24, 2.45) is 0 Å². The molecule has 21 heavy (non-hydrogen) atoms. The molecular weight excluding hydrogens is 258 g/mol. The first-order valence-corrected chi connectivity index (χ1v) is 7.37. The Bertz CT molecular complexity index is 778. The summed E-state index contributed by atoms with van der Waals surface area (Å²) in [5.74, 6) is 0.779. The molecule has 0 aliphatic carbocycles. The smallest absolute Gasteiger partial charge is 0.199 e. The average Bonchev–Trinajstić information content (AvgIpc) is 2.78. The molecule has 0 saturated heterocycles. The predicted molar refractivity (Wildman–Crippen MR) is 86.7 cm³/mol. The van der Waals surface area contributed by atoms with Gasteiger partial charge < -0.3 is 4.42 Å². The number of hydrogen-bond donors (Lipinski definition) is 0. The molecular formula is C19H21NO. The lowest BCUT2D eigenvalue weighted by Crippen LogP contribution is -2.10. The molecule has 0 fully saturated rings. The number of aromatic nitrogens is 1. The first-order chi connectivity index (χ1) is 9.91. The van der Waals surface area contributed by atoms with Gasteiger partial charge in [-0.15, -0.1) is 0 Å². The van der Waals surface area contributed by atoms with E-state index in [-0.39, 0.29) is 5.41 Å². The molecule has 3 aromatic rings. The lowest BCUT2D eigenvalue weighted by molar-refractivity contribution is 0.543. The van der Waals surface area contributed by atoms with Crippen molar-refractivity contribution in [1.82, 2.24) is 4.98 Å². The first kappa shape index (κ1) is 13.9. The second kappa shape index (κ2) is 5.03. The van der Waals surface area contributed by atoms with Gasteiger partial charge >= 0.3 is 0 Å². The summed E-state index contributed by atoms with van der Waals surface area (Å²) >= 11 is 0. The summed E-state index contributed by atoms with van der Waals surface area (Å²) in [6.45, 7) is 8.73. The summed E-state index contributed by atoms with van der Waals surface area (Å²) in [5, 5.41) is 0. The topological polar surface area (TPSA) is 26.0 Å². The normalized spacial score (nSPS) is 12.0. The summed E-state index contributed by atoms with van der Waals surface area (Å²) in [7, 11) is 0. The monoisotopic (exact) mass is 279 g/mol. The van der Waals surface area contributed by atoms with Crippen LogP contribution in [0, 0.1) is 6.92 Å². The van der Waals surface area contributed by atoms with E-state index in [4.69, 9.17) is 4.42 Å². The molecule has 1 aromatic heterocycles. The third-order valence-electron chi connectivity index (χ3n) is 3.74. The molecule has 0 aliphatic rings. The summed E-state index contributed by atoms with van der Waals surface area (Å²) in [6, 6.07) is 14.8. The lowest BCUT2D eigenvalue weighted by atomic mass is 9.87. The Hall–Kier alpha value is -2.09. The highest BCUT2D eigenvalue weighted by molar-refractivity contribution is 5.73. The third kappa shape index (κ3) is 2.99. The molecule has 0 unspecified atom stereocenters. The standard InChI is InChI=1S/C19H21NO/c1-13-6-5-7-14(10-13)11-18-20-16-12-15(19(2,3)4)8-9-17(16)21-18/h5-10,12H,11H2,1-4H3. The first-order valence-electron chi connectivity index (χ1n) is 7.37. The molecule has 0 atom stereocenters. The van der Waals surface area contributed by atoms with Crippen molar-refractivity contribution in [3.8, 4) is 0 Å². The van der Waals surface area contributed by atoms with Gasteiger partial charge in [-0.2, -0.15) is 0 Å². The summed E-state index contributed by atoms with van der Waals surface area (Å²) in [4.78, 5) is 4.65. The molecule has 0 amide bonds. The molecule has 0 spiro atoms. The Kier molecular flexibility index (Phi) is 3.32. The zero-order valence-electron chi connectivity index (χ0n) is 13.1. The van der Waals surface area contributed by atoms with Crippen LogP contribution in [-0.4, -0.2) is 4.98 Å². The molecule has 0 saturated carbocycles. The summed E-state index contributed by atoms with van der Waals surface area (Å²) in [6.07, 6.45) is 0.737. The van der Waals surface area contributed by atoms with E-state index in [0.29, 0.717) is 0 Å². The molecule has 3 rings (SSSR count). The van der Waals surface area contributed by atoms with E-state index in [1.165, 1.54) is 16.7 Å². The van der Waals surface area contributed by atoms with E-state index in [2.05, 4.69) is 69.1 Å². The quantitative estimate of drug-likeness (QED) is 0.658. The highest BCUT2D eigenvalue weighted by atomic mass is 16.3. The number of aryl methyl sites for hydroxylation is 1. The fourth-order valence-electron chi connectivity index (χ4n) is 2.51. The van der Waals surface area contributed by atoms with Crippen LogP contribution in [0.15, 0.2) is 46.9 Å².